The molecule has 0 aromatic carbocycles. The van der Waals surface area contributed by atoms with Crippen molar-refractivity contribution in [2.75, 3.05) is 14.2 Å². The molecule has 0 spiro atoms. The Bertz CT molecular complexity index is 244. The molecule has 1 atom stereocenters. The van der Waals surface area contributed by atoms with E-state index in [9.17, 15) is 4.79 Å². The number of rotatable bonds is 4. The lowest BCUT2D eigenvalue weighted by molar-refractivity contribution is -0.176. The molecule has 0 aliphatic rings. The summed E-state index contributed by atoms with van der Waals surface area (Å²) in [6.07, 6.45) is 1.86. The summed E-state index contributed by atoms with van der Waals surface area (Å²) in [5.74, 6) is -0.364. The van der Waals surface area contributed by atoms with Gasteiger partial charge in [0.25, 0.3) is 5.91 Å². The second kappa shape index (κ2) is 4.63. The van der Waals surface area contributed by atoms with E-state index < -0.39 is 5.41 Å². The molecule has 0 radical (unpaired) electrons. The van der Waals surface area contributed by atoms with Gasteiger partial charge in [-0.2, -0.15) is 5.26 Å². The first-order valence-corrected chi connectivity index (χ1v) is 3.86. The Kier molecular flexibility index (Phi) is 4.15. The van der Waals surface area contributed by atoms with E-state index >= 15 is 0 Å². The zero-order chi connectivity index (χ0) is 10.5. The predicted octanol–water partition coefficient (Wildman–Crippen LogP) is 1.11. The van der Waals surface area contributed by atoms with Gasteiger partial charge in [0.2, 0.25) is 0 Å². The zero-order valence-corrected chi connectivity index (χ0v) is 8.20. The number of carbonyl (C=O) groups is 1. The van der Waals surface area contributed by atoms with Crippen molar-refractivity contribution in [2.24, 2.45) is 5.41 Å². The summed E-state index contributed by atoms with van der Waals surface area (Å²) in [7, 11) is 2.85. The van der Waals surface area contributed by atoms with Crippen LogP contribution in [-0.2, 0) is 9.63 Å². The number of hydrogen-bond donors (Lipinski definition) is 0. The summed E-state index contributed by atoms with van der Waals surface area (Å²) in [4.78, 5) is 16.3. The minimum atomic E-state index is -1.08. The van der Waals surface area contributed by atoms with Crippen LogP contribution in [0.2, 0.25) is 0 Å². The third kappa shape index (κ3) is 2.56. The summed E-state index contributed by atoms with van der Waals surface area (Å²) in [5, 5.41) is 9.88. The van der Waals surface area contributed by atoms with Gasteiger partial charge in [-0.05, 0) is 13.3 Å². The Morgan fingerprint density at radius 1 is 1.85 bits per heavy atom. The molecule has 0 unspecified atom stereocenters. The summed E-state index contributed by atoms with van der Waals surface area (Å²) in [5.41, 5.74) is -1.08. The van der Waals surface area contributed by atoms with Crippen LogP contribution in [0.1, 0.15) is 13.3 Å². The number of allylic oxidation sites excluding steroid dienone is 1. The fraction of sp³-hybridized carbons (Fsp3) is 0.556. The molecule has 4 heteroatoms. The van der Waals surface area contributed by atoms with Crippen LogP contribution in [0.3, 0.4) is 0 Å². The lowest BCUT2D eigenvalue weighted by atomic mass is 9.87. The van der Waals surface area contributed by atoms with Crippen LogP contribution < -0.4 is 0 Å². The number of hydroxylamine groups is 2. The highest BCUT2D eigenvalue weighted by molar-refractivity contribution is 5.84. The molecule has 0 N–H and O–H groups in total. The van der Waals surface area contributed by atoms with Crippen LogP contribution in [0.15, 0.2) is 12.7 Å². The second-order valence-electron chi connectivity index (χ2n) is 2.92. The van der Waals surface area contributed by atoms with E-state index in [1.54, 1.807) is 13.0 Å². The number of nitrogens with zero attached hydrogens (tertiary/aromatic N) is 2. The van der Waals surface area contributed by atoms with Crippen molar-refractivity contribution in [2.45, 2.75) is 13.3 Å². The van der Waals surface area contributed by atoms with Gasteiger partial charge in [-0.15, -0.1) is 6.58 Å². The van der Waals surface area contributed by atoms with E-state index in [1.807, 2.05) is 6.07 Å². The van der Waals surface area contributed by atoms with Crippen LogP contribution in [-0.4, -0.2) is 25.1 Å². The number of nitriles is 1. The maximum atomic E-state index is 11.5. The van der Waals surface area contributed by atoms with Gasteiger partial charge in [0.15, 0.2) is 0 Å². The number of hydrogen-bond acceptors (Lipinski definition) is 3. The zero-order valence-electron chi connectivity index (χ0n) is 8.20. The molecule has 0 rings (SSSR count). The largest absolute Gasteiger partial charge is 0.275 e. The van der Waals surface area contributed by atoms with E-state index in [4.69, 9.17) is 10.1 Å². The molecule has 13 heavy (non-hydrogen) atoms. The van der Waals surface area contributed by atoms with Crippen LogP contribution in [0.5, 0.6) is 0 Å². The van der Waals surface area contributed by atoms with E-state index in [0.717, 1.165) is 5.06 Å². The third-order valence-electron chi connectivity index (χ3n) is 1.83. The molecule has 0 heterocycles. The molecule has 0 bridgehead atoms. The maximum absolute atomic E-state index is 11.5. The highest BCUT2D eigenvalue weighted by Gasteiger charge is 2.34. The van der Waals surface area contributed by atoms with Gasteiger partial charge in [-0.3, -0.25) is 9.63 Å². The average Bonchev–Trinajstić information content (AvgIpc) is 2.15. The summed E-state index contributed by atoms with van der Waals surface area (Å²) >= 11 is 0. The minimum absolute atomic E-state index is 0.316. The normalized spacial score (nSPS) is 14.0. The van der Waals surface area contributed by atoms with Crippen molar-refractivity contribution >= 4 is 5.91 Å². The van der Waals surface area contributed by atoms with Gasteiger partial charge in [0.1, 0.15) is 5.41 Å². The number of carbonyl (C=O) groups excluding carboxylic acids is 1. The fourth-order valence-corrected chi connectivity index (χ4v) is 0.900. The fourth-order valence-electron chi connectivity index (χ4n) is 0.900. The van der Waals surface area contributed by atoms with Crippen LogP contribution in [0, 0.1) is 16.7 Å². The van der Waals surface area contributed by atoms with Gasteiger partial charge < -0.3 is 0 Å². The second-order valence-corrected chi connectivity index (χ2v) is 2.92. The van der Waals surface area contributed by atoms with E-state index in [2.05, 4.69) is 6.58 Å². The van der Waals surface area contributed by atoms with Crippen LogP contribution >= 0.6 is 0 Å². The quantitative estimate of drug-likeness (QED) is 0.483. The molecule has 0 aromatic rings. The maximum Gasteiger partial charge on any atom is 0.266 e. The molecule has 0 aliphatic carbocycles. The van der Waals surface area contributed by atoms with Crippen LogP contribution in [0.4, 0.5) is 0 Å². The first kappa shape index (κ1) is 11.7. The van der Waals surface area contributed by atoms with E-state index in [0.29, 0.717) is 6.42 Å². The Morgan fingerprint density at radius 2 is 2.38 bits per heavy atom. The molecule has 0 fully saturated rings. The highest BCUT2D eigenvalue weighted by atomic mass is 16.7. The van der Waals surface area contributed by atoms with Gasteiger partial charge >= 0.3 is 0 Å². The molecule has 0 saturated carbocycles. The van der Waals surface area contributed by atoms with Crippen molar-refractivity contribution in [1.82, 2.24) is 5.06 Å². The molecule has 0 aliphatic heterocycles. The molecule has 1 amide bonds. The molecule has 0 aromatic heterocycles. The molecular formula is C9H14N2O2. The Labute approximate surface area is 78.4 Å². The van der Waals surface area contributed by atoms with Gasteiger partial charge in [-0.25, -0.2) is 5.06 Å². The Hall–Kier alpha value is -1.34. The van der Waals surface area contributed by atoms with Gasteiger partial charge in [-0.1, -0.05) is 6.08 Å². The van der Waals surface area contributed by atoms with Crippen molar-refractivity contribution < 1.29 is 9.63 Å². The molecule has 72 valence electrons. The summed E-state index contributed by atoms with van der Waals surface area (Å²) in [6, 6.07) is 1.95. The topological polar surface area (TPSA) is 53.3 Å². The molecule has 4 nitrogen and oxygen atoms in total. The van der Waals surface area contributed by atoms with Crippen molar-refractivity contribution in [3.05, 3.63) is 12.7 Å². The van der Waals surface area contributed by atoms with E-state index in [-0.39, 0.29) is 5.91 Å². The van der Waals surface area contributed by atoms with Gasteiger partial charge in [0.05, 0.1) is 13.2 Å². The highest BCUT2D eigenvalue weighted by Crippen LogP contribution is 2.23. The molecular weight excluding hydrogens is 168 g/mol. The lowest BCUT2D eigenvalue weighted by Crippen LogP contribution is -2.38. The first-order valence-electron chi connectivity index (χ1n) is 3.86. The first-order chi connectivity index (χ1) is 6.01. The minimum Gasteiger partial charge on any atom is -0.275 e. The average molecular weight is 182 g/mol. The Morgan fingerprint density at radius 3 is 2.69 bits per heavy atom. The predicted molar refractivity (Wildman–Crippen MR) is 48.3 cm³/mol. The third-order valence-corrected chi connectivity index (χ3v) is 1.83. The lowest BCUT2D eigenvalue weighted by Gasteiger charge is -2.23. The number of amides is 1. The SMILES string of the molecule is C=CC[C@](C)(C#N)C(=O)N(C)OC. The summed E-state index contributed by atoms with van der Waals surface area (Å²) in [6.45, 7) is 5.06. The van der Waals surface area contributed by atoms with Crippen LogP contribution in [0.25, 0.3) is 0 Å². The van der Waals surface area contributed by atoms with Gasteiger partial charge in [0, 0.05) is 7.05 Å². The van der Waals surface area contributed by atoms with E-state index in [1.165, 1.54) is 14.2 Å². The summed E-state index contributed by atoms with van der Waals surface area (Å²) < 4.78 is 0. The van der Waals surface area contributed by atoms with Crippen molar-refractivity contribution in [1.29, 1.82) is 5.26 Å². The van der Waals surface area contributed by atoms with Crippen molar-refractivity contribution in [3.8, 4) is 6.07 Å². The molecule has 0 saturated heterocycles. The standard InChI is InChI=1S/C9H14N2O2/c1-5-6-9(2,7-10)8(12)11(3)13-4/h5H,1,6H2,2-4H3/t9-/m1/s1. The smallest absolute Gasteiger partial charge is 0.266 e. The monoisotopic (exact) mass is 182 g/mol. The van der Waals surface area contributed by atoms with Crippen molar-refractivity contribution in [3.63, 3.8) is 0 Å². The Balaban J connectivity index is 4.68.